The lowest BCUT2D eigenvalue weighted by atomic mass is 9.97. The monoisotopic (exact) mass is 381 g/mol. The zero-order chi connectivity index (χ0) is 19.7. The van der Waals surface area contributed by atoms with Crippen molar-refractivity contribution in [1.29, 1.82) is 0 Å². The first-order valence-corrected chi connectivity index (χ1v) is 9.47. The first-order valence-electron chi connectivity index (χ1n) is 9.47. The van der Waals surface area contributed by atoms with Crippen molar-refractivity contribution >= 4 is 17.6 Å². The third-order valence-electron chi connectivity index (χ3n) is 5.43. The Bertz CT molecular complexity index is 919. The summed E-state index contributed by atoms with van der Waals surface area (Å²) in [4.78, 5) is 13.5. The van der Waals surface area contributed by atoms with Crippen LogP contribution in [0.4, 0.5) is 0 Å². The Labute approximate surface area is 163 Å². The van der Waals surface area contributed by atoms with Crippen LogP contribution in [0.25, 0.3) is 11.6 Å². The number of hydrogen-bond acceptors (Lipinski definition) is 5. The van der Waals surface area contributed by atoms with Crippen LogP contribution in [0, 0.1) is 0 Å². The van der Waals surface area contributed by atoms with Gasteiger partial charge in [-0.05, 0) is 54.8 Å². The summed E-state index contributed by atoms with van der Waals surface area (Å²) in [5.74, 6) is 0.130. The van der Waals surface area contributed by atoms with Crippen molar-refractivity contribution in [1.82, 2.24) is 4.90 Å². The van der Waals surface area contributed by atoms with Crippen LogP contribution in [0.3, 0.4) is 0 Å². The van der Waals surface area contributed by atoms with Crippen LogP contribution >= 0.6 is 0 Å². The first kappa shape index (κ1) is 18.4. The number of fused-ring (bicyclic) bond motifs is 1. The summed E-state index contributed by atoms with van der Waals surface area (Å²) in [6.07, 6.45) is 4.52. The van der Waals surface area contributed by atoms with Crippen LogP contribution in [-0.2, 0) is 11.3 Å². The molecular formula is C22H23NO5. The van der Waals surface area contributed by atoms with Gasteiger partial charge >= 0.3 is 5.97 Å². The highest BCUT2D eigenvalue weighted by Gasteiger charge is 2.29. The number of benzene rings is 2. The zero-order valence-electron chi connectivity index (χ0n) is 15.5. The van der Waals surface area contributed by atoms with Crippen LogP contribution in [0.1, 0.15) is 36.0 Å². The molecule has 28 heavy (non-hydrogen) atoms. The molecule has 2 aliphatic rings. The highest BCUT2D eigenvalue weighted by molar-refractivity contribution is 5.86. The quantitative estimate of drug-likeness (QED) is 0.751. The first-order chi connectivity index (χ1) is 13.5. The molecule has 1 fully saturated rings. The van der Waals surface area contributed by atoms with Crippen molar-refractivity contribution in [3.8, 4) is 17.2 Å². The molecule has 2 aromatic rings. The lowest BCUT2D eigenvalue weighted by molar-refractivity contribution is -0.144. The Morgan fingerprint density at radius 1 is 1.14 bits per heavy atom. The third-order valence-corrected chi connectivity index (χ3v) is 5.43. The number of likely N-dealkylation sites (tertiary alicyclic amines) is 1. The Morgan fingerprint density at radius 2 is 1.93 bits per heavy atom. The molecule has 0 radical (unpaired) electrons. The number of phenols is 2. The molecule has 4 rings (SSSR count). The molecule has 0 aliphatic carbocycles. The maximum Gasteiger partial charge on any atom is 0.320 e. The highest BCUT2D eigenvalue weighted by Crippen LogP contribution is 2.36. The molecule has 1 atom stereocenters. The fourth-order valence-corrected chi connectivity index (χ4v) is 3.90. The average Bonchev–Trinajstić information content (AvgIpc) is 2.69. The predicted molar refractivity (Wildman–Crippen MR) is 105 cm³/mol. The van der Waals surface area contributed by atoms with E-state index in [9.17, 15) is 20.1 Å². The Balaban J connectivity index is 1.62. The minimum atomic E-state index is -0.810. The van der Waals surface area contributed by atoms with E-state index >= 15 is 0 Å². The van der Waals surface area contributed by atoms with Gasteiger partial charge in [-0.25, -0.2) is 0 Å². The molecule has 2 aromatic carbocycles. The van der Waals surface area contributed by atoms with Crippen molar-refractivity contribution in [3.05, 3.63) is 53.1 Å². The molecule has 0 bridgehead atoms. The number of ether oxygens (including phenoxy) is 1. The summed E-state index contributed by atoms with van der Waals surface area (Å²) in [6.45, 7) is 1.47. The van der Waals surface area contributed by atoms with Gasteiger partial charge in [-0.2, -0.15) is 0 Å². The van der Waals surface area contributed by atoms with Gasteiger partial charge in [-0.1, -0.05) is 18.6 Å². The molecule has 146 valence electrons. The molecule has 6 nitrogen and oxygen atoms in total. The van der Waals surface area contributed by atoms with Crippen LogP contribution < -0.4 is 4.74 Å². The molecular weight excluding hydrogens is 358 g/mol. The zero-order valence-corrected chi connectivity index (χ0v) is 15.5. The van der Waals surface area contributed by atoms with Crippen LogP contribution in [0.15, 0.2) is 36.4 Å². The number of hydrogen-bond donors (Lipinski definition) is 3. The Hall–Kier alpha value is -2.99. The summed E-state index contributed by atoms with van der Waals surface area (Å²) in [5, 5.41) is 29.4. The third kappa shape index (κ3) is 3.68. The number of carboxylic acid groups (broad SMARTS) is 1. The lowest BCUT2D eigenvalue weighted by Gasteiger charge is -2.33. The number of carbonyl (C=O) groups is 1. The van der Waals surface area contributed by atoms with Gasteiger partial charge in [0.15, 0.2) is 0 Å². The second-order valence-electron chi connectivity index (χ2n) is 7.34. The summed E-state index contributed by atoms with van der Waals surface area (Å²) in [7, 11) is 0. The topological polar surface area (TPSA) is 90.2 Å². The molecule has 0 aromatic heterocycles. The van der Waals surface area contributed by atoms with E-state index in [0.717, 1.165) is 29.5 Å². The van der Waals surface area contributed by atoms with Gasteiger partial charge in [0, 0.05) is 23.7 Å². The molecule has 1 saturated heterocycles. The van der Waals surface area contributed by atoms with Gasteiger partial charge in [0.05, 0.1) is 0 Å². The minimum absolute atomic E-state index is 0.120. The normalized spacial score (nSPS) is 19.4. The standard InChI is InChI=1S/C22H23NO5/c24-18-6-4-14(5-7-18)17-10-15-9-16(20(25)11-21(15)28-13-17)12-23-8-2-1-3-19(23)22(26)27/h4-7,9-11,19,24-25H,1-3,8,12-13H2,(H,26,27). The minimum Gasteiger partial charge on any atom is -0.508 e. The number of nitrogens with zero attached hydrogens (tertiary/aromatic N) is 1. The van der Waals surface area contributed by atoms with E-state index in [4.69, 9.17) is 4.74 Å². The molecule has 2 heterocycles. The van der Waals surface area contributed by atoms with Crippen LogP contribution in [0.5, 0.6) is 17.2 Å². The number of phenolic OH excluding ortho intramolecular Hbond substituents is 2. The maximum atomic E-state index is 11.5. The molecule has 6 heteroatoms. The molecule has 3 N–H and O–H groups in total. The smallest absolute Gasteiger partial charge is 0.320 e. The van der Waals surface area contributed by atoms with E-state index in [1.165, 1.54) is 0 Å². The summed E-state index contributed by atoms with van der Waals surface area (Å²) in [6, 6.07) is 9.91. The van der Waals surface area contributed by atoms with Crippen LogP contribution in [-0.4, -0.2) is 45.4 Å². The fraction of sp³-hybridized carbons (Fsp3) is 0.318. The largest absolute Gasteiger partial charge is 0.508 e. The van der Waals surface area contributed by atoms with Crippen molar-refractivity contribution in [2.45, 2.75) is 31.8 Å². The van der Waals surface area contributed by atoms with Crippen molar-refractivity contribution in [2.24, 2.45) is 0 Å². The Morgan fingerprint density at radius 3 is 2.68 bits per heavy atom. The SMILES string of the molecule is O=C(O)C1CCCCN1Cc1cc2c(cc1O)OCC(c1ccc(O)cc1)=C2. The van der Waals surface area contributed by atoms with Gasteiger partial charge in [0.1, 0.15) is 29.9 Å². The van der Waals surface area contributed by atoms with E-state index in [0.29, 0.717) is 37.4 Å². The Kier molecular flexibility index (Phi) is 4.96. The summed E-state index contributed by atoms with van der Waals surface area (Å²) < 4.78 is 5.81. The van der Waals surface area contributed by atoms with Gasteiger partial charge in [-0.15, -0.1) is 0 Å². The summed E-state index contributed by atoms with van der Waals surface area (Å²) >= 11 is 0. The lowest BCUT2D eigenvalue weighted by Crippen LogP contribution is -2.44. The van der Waals surface area contributed by atoms with Crippen molar-refractivity contribution < 1.29 is 24.9 Å². The highest BCUT2D eigenvalue weighted by atomic mass is 16.5. The van der Waals surface area contributed by atoms with Gasteiger partial charge in [0.2, 0.25) is 0 Å². The number of aromatic hydroxyl groups is 2. The molecule has 0 saturated carbocycles. The van der Waals surface area contributed by atoms with E-state index < -0.39 is 12.0 Å². The van der Waals surface area contributed by atoms with Crippen LogP contribution in [0.2, 0.25) is 0 Å². The van der Waals surface area contributed by atoms with Gasteiger partial charge in [0.25, 0.3) is 0 Å². The molecule has 0 amide bonds. The summed E-state index contributed by atoms with van der Waals surface area (Å²) in [5.41, 5.74) is 3.48. The van der Waals surface area contributed by atoms with E-state index in [-0.39, 0.29) is 11.5 Å². The fourth-order valence-electron chi connectivity index (χ4n) is 3.90. The predicted octanol–water partition coefficient (Wildman–Crippen LogP) is 3.47. The second-order valence-corrected chi connectivity index (χ2v) is 7.34. The number of rotatable bonds is 4. The van der Waals surface area contributed by atoms with Crippen molar-refractivity contribution in [3.63, 3.8) is 0 Å². The van der Waals surface area contributed by atoms with Crippen molar-refractivity contribution in [2.75, 3.05) is 13.2 Å². The number of aliphatic carboxylic acids is 1. The van der Waals surface area contributed by atoms with E-state index in [1.807, 2.05) is 29.2 Å². The molecule has 0 spiro atoms. The van der Waals surface area contributed by atoms with E-state index in [1.54, 1.807) is 18.2 Å². The molecule has 1 unspecified atom stereocenters. The van der Waals surface area contributed by atoms with E-state index in [2.05, 4.69) is 0 Å². The molecule has 2 aliphatic heterocycles. The maximum absolute atomic E-state index is 11.5. The van der Waals surface area contributed by atoms with Gasteiger partial charge < -0.3 is 20.1 Å². The average molecular weight is 381 g/mol. The number of piperidine rings is 1. The second kappa shape index (κ2) is 7.56. The van der Waals surface area contributed by atoms with Gasteiger partial charge in [-0.3, -0.25) is 9.69 Å². The number of carboxylic acids is 1.